The fraction of sp³-hybridized carbons (Fsp3) is 0.667. The second-order valence-electron chi connectivity index (χ2n) is 7.10. The van der Waals surface area contributed by atoms with Gasteiger partial charge in [0.05, 0.1) is 12.7 Å². The van der Waals surface area contributed by atoms with Gasteiger partial charge in [0, 0.05) is 30.0 Å². The third kappa shape index (κ3) is 1.98. The van der Waals surface area contributed by atoms with Gasteiger partial charge in [-0.2, -0.15) is 0 Å². The molecular formula is C18H25NO2. The van der Waals surface area contributed by atoms with Crippen molar-refractivity contribution in [2.75, 3.05) is 6.61 Å². The molecule has 3 aliphatic rings. The first-order chi connectivity index (χ1) is 10.2. The zero-order chi connectivity index (χ0) is 14.4. The maximum absolute atomic E-state index is 9.30. The largest absolute Gasteiger partial charge is 0.392 e. The Kier molecular flexibility index (Phi) is 3.32. The summed E-state index contributed by atoms with van der Waals surface area (Å²) in [6, 6.07) is 9.25. The predicted octanol–water partition coefficient (Wildman–Crippen LogP) is 2.79. The van der Waals surface area contributed by atoms with Crippen molar-refractivity contribution >= 4 is 0 Å². The first kappa shape index (κ1) is 13.7. The van der Waals surface area contributed by atoms with Crippen LogP contribution in [0.5, 0.6) is 0 Å². The lowest BCUT2D eigenvalue weighted by Gasteiger charge is -2.64. The number of aliphatic hydroxyl groups is 1. The third-order valence-corrected chi connectivity index (χ3v) is 6.10. The van der Waals surface area contributed by atoms with Crippen LogP contribution in [0.1, 0.15) is 49.8 Å². The van der Waals surface area contributed by atoms with Crippen molar-refractivity contribution in [1.29, 1.82) is 0 Å². The molecule has 3 nitrogen and oxygen atoms in total. The Bertz CT molecular complexity index is 526. The minimum atomic E-state index is 0.118. The zero-order valence-corrected chi connectivity index (χ0v) is 12.7. The van der Waals surface area contributed by atoms with E-state index in [0.717, 1.165) is 12.2 Å². The summed E-state index contributed by atoms with van der Waals surface area (Å²) in [4.78, 5) is 0. The molecule has 1 spiro atoms. The van der Waals surface area contributed by atoms with Gasteiger partial charge in [-0.3, -0.25) is 0 Å². The first-order valence-corrected chi connectivity index (χ1v) is 8.32. The van der Waals surface area contributed by atoms with Gasteiger partial charge in [0.15, 0.2) is 0 Å². The van der Waals surface area contributed by atoms with Gasteiger partial charge in [0.1, 0.15) is 0 Å². The van der Waals surface area contributed by atoms with Gasteiger partial charge < -0.3 is 15.2 Å². The van der Waals surface area contributed by atoms with Crippen molar-refractivity contribution in [3.63, 3.8) is 0 Å². The molecule has 4 atom stereocenters. The molecule has 0 bridgehead atoms. The topological polar surface area (TPSA) is 41.5 Å². The number of hydrogen-bond acceptors (Lipinski definition) is 3. The second-order valence-corrected chi connectivity index (χ2v) is 7.10. The number of fused-ring (bicyclic) bond motifs is 2. The molecule has 3 heteroatoms. The van der Waals surface area contributed by atoms with Crippen LogP contribution in [-0.2, 0) is 11.3 Å². The van der Waals surface area contributed by atoms with Crippen molar-refractivity contribution in [2.45, 2.75) is 57.4 Å². The minimum absolute atomic E-state index is 0.118. The molecule has 1 aliphatic heterocycles. The maximum atomic E-state index is 9.30. The van der Waals surface area contributed by atoms with Crippen LogP contribution in [0.3, 0.4) is 0 Å². The summed E-state index contributed by atoms with van der Waals surface area (Å²) in [6.07, 6.45) is 5.76. The highest BCUT2D eigenvalue weighted by molar-refractivity contribution is 5.27. The van der Waals surface area contributed by atoms with E-state index in [0.29, 0.717) is 29.5 Å². The average molecular weight is 287 g/mol. The van der Waals surface area contributed by atoms with E-state index in [1.165, 1.54) is 31.2 Å². The van der Waals surface area contributed by atoms with Gasteiger partial charge in [-0.15, -0.1) is 0 Å². The number of nitrogens with one attached hydrogen (secondary N) is 1. The molecule has 2 saturated carbocycles. The molecule has 0 radical (unpaired) electrons. The van der Waals surface area contributed by atoms with Crippen molar-refractivity contribution in [3.8, 4) is 0 Å². The molecule has 4 rings (SSSR count). The minimum Gasteiger partial charge on any atom is -0.392 e. The summed E-state index contributed by atoms with van der Waals surface area (Å²) in [5.74, 6) is 0.716. The third-order valence-electron chi connectivity index (χ3n) is 6.10. The van der Waals surface area contributed by atoms with Crippen molar-refractivity contribution in [1.82, 2.24) is 5.32 Å². The number of ether oxygens (including phenoxy) is 1. The Labute approximate surface area is 126 Å². The lowest BCUT2D eigenvalue weighted by Crippen LogP contribution is -2.71. The van der Waals surface area contributed by atoms with Gasteiger partial charge in [0.25, 0.3) is 0 Å². The van der Waals surface area contributed by atoms with E-state index in [1.807, 2.05) is 12.1 Å². The van der Waals surface area contributed by atoms with E-state index in [1.54, 1.807) is 0 Å². The van der Waals surface area contributed by atoms with Crippen LogP contribution in [0.2, 0.25) is 0 Å². The van der Waals surface area contributed by atoms with Crippen molar-refractivity contribution in [2.24, 2.45) is 11.3 Å². The Morgan fingerprint density at radius 2 is 2.29 bits per heavy atom. The highest BCUT2D eigenvalue weighted by Gasteiger charge is 2.66. The van der Waals surface area contributed by atoms with Gasteiger partial charge >= 0.3 is 0 Å². The van der Waals surface area contributed by atoms with Gasteiger partial charge in [-0.05, 0) is 37.3 Å². The molecule has 21 heavy (non-hydrogen) atoms. The van der Waals surface area contributed by atoms with Crippen LogP contribution in [0.4, 0.5) is 0 Å². The Morgan fingerprint density at radius 3 is 3.00 bits per heavy atom. The fourth-order valence-corrected chi connectivity index (χ4v) is 4.82. The lowest BCUT2D eigenvalue weighted by atomic mass is 9.46. The van der Waals surface area contributed by atoms with E-state index in [-0.39, 0.29) is 6.61 Å². The van der Waals surface area contributed by atoms with Gasteiger partial charge in [0.2, 0.25) is 0 Å². The summed E-state index contributed by atoms with van der Waals surface area (Å²) in [5.41, 5.74) is 2.71. The van der Waals surface area contributed by atoms with E-state index in [2.05, 4.69) is 24.4 Å². The molecule has 1 heterocycles. The summed E-state index contributed by atoms with van der Waals surface area (Å²) in [5, 5.41) is 13.2. The van der Waals surface area contributed by atoms with Crippen LogP contribution in [0, 0.1) is 11.3 Å². The van der Waals surface area contributed by atoms with Crippen LogP contribution >= 0.6 is 0 Å². The second kappa shape index (κ2) is 5.08. The summed E-state index contributed by atoms with van der Waals surface area (Å²) in [6.45, 7) is 3.31. The molecule has 0 aromatic heterocycles. The zero-order valence-electron chi connectivity index (χ0n) is 12.7. The van der Waals surface area contributed by atoms with Gasteiger partial charge in [-0.25, -0.2) is 0 Å². The first-order valence-electron chi connectivity index (χ1n) is 8.32. The number of hydrogen-bond donors (Lipinski definition) is 2. The standard InChI is InChI=1S/C18H25NO2/c1-12(14-5-2-4-13(10-14)11-20)19-16-15-6-9-21-17(15)18(16)7-3-8-18/h2,4-5,10,12,15-17,19-20H,3,6-9,11H2,1H3. The average Bonchev–Trinajstić information content (AvgIpc) is 2.88. The highest BCUT2D eigenvalue weighted by Crippen LogP contribution is 2.63. The summed E-state index contributed by atoms with van der Waals surface area (Å²) >= 11 is 0. The van der Waals surface area contributed by atoms with E-state index in [9.17, 15) is 5.11 Å². The van der Waals surface area contributed by atoms with Crippen LogP contribution in [0.15, 0.2) is 24.3 Å². The van der Waals surface area contributed by atoms with Crippen LogP contribution in [-0.4, -0.2) is 23.9 Å². The van der Waals surface area contributed by atoms with Crippen LogP contribution < -0.4 is 5.32 Å². The molecule has 1 saturated heterocycles. The normalized spacial score (nSPS) is 34.1. The molecule has 1 aromatic carbocycles. The van der Waals surface area contributed by atoms with Gasteiger partial charge in [-0.1, -0.05) is 30.7 Å². The highest BCUT2D eigenvalue weighted by atomic mass is 16.5. The molecular weight excluding hydrogens is 262 g/mol. The number of aliphatic hydroxyl groups excluding tert-OH is 1. The lowest BCUT2D eigenvalue weighted by molar-refractivity contribution is -0.178. The number of rotatable bonds is 4. The molecule has 3 fully saturated rings. The maximum Gasteiger partial charge on any atom is 0.0690 e. The van der Waals surface area contributed by atoms with E-state index >= 15 is 0 Å². The Hall–Kier alpha value is -0.900. The SMILES string of the molecule is CC(NC1C2CCOC2C12CCC2)c1cccc(CO)c1. The quantitative estimate of drug-likeness (QED) is 0.895. The molecule has 2 aliphatic carbocycles. The molecule has 1 aromatic rings. The molecule has 0 amide bonds. The monoisotopic (exact) mass is 287 g/mol. The summed E-state index contributed by atoms with van der Waals surface area (Å²) in [7, 11) is 0. The van der Waals surface area contributed by atoms with Crippen molar-refractivity contribution < 1.29 is 9.84 Å². The van der Waals surface area contributed by atoms with E-state index in [4.69, 9.17) is 4.74 Å². The molecule has 4 unspecified atom stereocenters. The Morgan fingerprint density at radius 1 is 1.43 bits per heavy atom. The molecule has 2 N–H and O–H groups in total. The predicted molar refractivity (Wildman–Crippen MR) is 81.8 cm³/mol. The molecule has 114 valence electrons. The van der Waals surface area contributed by atoms with E-state index < -0.39 is 0 Å². The van der Waals surface area contributed by atoms with Crippen molar-refractivity contribution in [3.05, 3.63) is 35.4 Å². The number of benzene rings is 1. The Balaban J connectivity index is 1.50. The summed E-state index contributed by atoms with van der Waals surface area (Å²) < 4.78 is 5.99. The smallest absolute Gasteiger partial charge is 0.0690 e. The van der Waals surface area contributed by atoms with Crippen LogP contribution in [0.25, 0.3) is 0 Å². The fourth-order valence-electron chi connectivity index (χ4n) is 4.82.